The Morgan fingerprint density at radius 3 is 2.59 bits per heavy atom. The topological polar surface area (TPSA) is 54.5 Å². The highest BCUT2D eigenvalue weighted by Gasteiger charge is 2.45. The first kappa shape index (κ1) is 12.8. The normalized spacial score (nSPS) is 20.3. The van der Waals surface area contributed by atoms with E-state index in [4.69, 9.17) is 10.7 Å². The molecule has 0 aliphatic carbocycles. The van der Waals surface area contributed by atoms with Crippen molar-refractivity contribution < 1.29 is 17.6 Å². The van der Waals surface area contributed by atoms with Crippen molar-refractivity contribution in [1.29, 1.82) is 0 Å². The molecule has 8 heteroatoms. The molecule has 2 rings (SSSR count). The molecule has 0 spiro atoms. The average Bonchev–Trinajstić information content (AvgIpc) is 2.12. The Hall–Kier alpha value is -0.660. The lowest BCUT2D eigenvalue weighted by atomic mass is 9.97. The fourth-order valence-electron chi connectivity index (χ4n) is 1.68. The number of amides is 1. The van der Waals surface area contributed by atoms with Gasteiger partial charge in [-0.25, -0.2) is 8.70 Å². The molecular formula is C9H6BrClFNO3S. The second kappa shape index (κ2) is 4.22. The van der Waals surface area contributed by atoms with E-state index < -0.39 is 27.0 Å². The van der Waals surface area contributed by atoms with Crippen LogP contribution in [-0.4, -0.2) is 18.6 Å². The lowest BCUT2D eigenvalue weighted by Crippen LogP contribution is -2.48. The van der Waals surface area contributed by atoms with Gasteiger partial charge in [-0.1, -0.05) is 22.0 Å². The van der Waals surface area contributed by atoms with E-state index in [1.54, 1.807) is 0 Å². The highest BCUT2D eigenvalue weighted by Crippen LogP contribution is 2.41. The van der Waals surface area contributed by atoms with Gasteiger partial charge in [0.05, 0.1) is 12.5 Å². The SMILES string of the molecule is O=C1CC(c2ccc(F)cc2Br)N1S(=O)(=O)Cl. The molecule has 1 unspecified atom stereocenters. The van der Waals surface area contributed by atoms with Crippen molar-refractivity contribution >= 4 is 41.8 Å². The molecule has 1 aromatic rings. The summed E-state index contributed by atoms with van der Waals surface area (Å²) in [6.07, 6.45) is 0.0379. The van der Waals surface area contributed by atoms with E-state index in [-0.39, 0.29) is 6.42 Å². The van der Waals surface area contributed by atoms with Crippen molar-refractivity contribution in [3.8, 4) is 0 Å². The van der Waals surface area contributed by atoms with Crippen LogP contribution in [-0.2, 0) is 14.0 Å². The third-order valence-corrected chi connectivity index (χ3v) is 4.51. The van der Waals surface area contributed by atoms with E-state index in [1.165, 1.54) is 18.2 Å². The number of carbonyl (C=O) groups is 1. The Morgan fingerprint density at radius 2 is 2.12 bits per heavy atom. The molecule has 0 aromatic heterocycles. The fraction of sp³-hybridized carbons (Fsp3) is 0.222. The summed E-state index contributed by atoms with van der Waals surface area (Å²) in [5.41, 5.74) is 0.509. The molecule has 92 valence electrons. The first-order valence-corrected chi connectivity index (χ1v) is 7.58. The summed E-state index contributed by atoms with van der Waals surface area (Å²) in [6.45, 7) is 0. The van der Waals surface area contributed by atoms with Crippen LogP contribution in [0.25, 0.3) is 0 Å². The van der Waals surface area contributed by atoms with Gasteiger partial charge in [0.25, 0.3) is 0 Å². The van der Waals surface area contributed by atoms with Gasteiger partial charge >= 0.3 is 9.24 Å². The van der Waals surface area contributed by atoms with Crippen molar-refractivity contribution in [3.63, 3.8) is 0 Å². The third kappa shape index (κ3) is 2.31. The predicted octanol–water partition coefficient (Wildman–Crippen LogP) is 2.35. The van der Waals surface area contributed by atoms with Crippen LogP contribution in [0.5, 0.6) is 0 Å². The zero-order valence-electron chi connectivity index (χ0n) is 8.23. The van der Waals surface area contributed by atoms with Gasteiger partial charge < -0.3 is 0 Å². The molecule has 1 saturated heterocycles. The molecule has 1 aliphatic rings. The van der Waals surface area contributed by atoms with Crippen LogP contribution in [0.3, 0.4) is 0 Å². The summed E-state index contributed by atoms with van der Waals surface area (Å²) in [7, 11) is 1.05. The van der Waals surface area contributed by atoms with Crippen molar-refractivity contribution in [3.05, 3.63) is 34.1 Å². The van der Waals surface area contributed by atoms with Gasteiger partial charge in [-0.2, -0.15) is 8.42 Å². The summed E-state index contributed by atoms with van der Waals surface area (Å²) >= 11 is 3.12. The Kier molecular flexibility index (Phi) is 3.17. The van der Waals surface area contributed by atoms with E-state index in [0.717, 1.165) is 0 Å². The molecule has 1 atom stereocenters. The van der Waals surface area contributed by atoms with Crippen LogP contribution in [0.15, 0.2) is 22.7 Å². The Labute approximate surface area is 110 Å². The number of β-lactam (4-membered cyclic amide) rings is 1. The minimum absolute atomic E-state index is 0.0379. The van der Waals surface area contributed by atoms with E-state index in [0.29, 0.717) is 14.3 Å². The number of benzene rings is 1. The minimum Gasteiger partial charge on any atom is -0.274 e. The minimum atomic E-state index is -4.10. The molecule has 0 radical (unpaired) electrons. The number of nitrogens with zero attached hydrogens (tertiary/aromatic N) is 1. The summed E-state index contributed by atoms with van der Waals surface area (Å²) in [5, 5.41) is 0. The molecular weight excluding hydrogens is 337 g/mol. The Morgan fingerprint density at radius 1 is 1.47 bits per heavy atom. The quantitative estimate of drug-likeness (QED) is 0.612. The van der Waals surface area contributed by atoms with Gasteiger partial charge in [0, 0.05) is 15.2 Å². The smallest absolute Gasteiger partial charge is 0.274 e. The molecule has 4 nitrogen and oxygen atoms in total. The standard InChI is InChI=1S/C9H6BrClFNO3S/c10-7-3-5(12)1-2-6(7)8-4-9(14)13(8)17(11,15)16/h1-3,8H,4H2. The van der Waals surface area contributed by atoms with Crippen LogP contribution in [0.4, 0.5) is 4.39 Å². The number of hydrogen-bond acceptors (Lipinski definition) is 3. The van der Waals surface area contributed by atoms with Gasteiger partial charge in [0.2, 0.25) is 5.91 Å². The maximum Gasteiger partial charge on any atom is 0.324 e. The zero-order valence-corrected chi connectivity index (χ0v) is 11.4. The molecule has 1 heterocycles. The van der Waals surface area contributed by atoms with Gasteiger partial charge in [-0.15, -0.1) is 0 Å². The van der Waals surface area contributed by atoms with E-state index >= 15 is 0 Å². The molecule has 1 aromatic carbocycles. The van der Waals surface area contributed by atoms with Gasteiger partial charge in [0.1, 0.15) is 5.82 Å². The number of rotatable bonds is 2. The maximum atomic E-state index is 12.9. The fourth-order valence-corrected chi connectivity index (χ4v) is 3.63. The number of halogens is 3. The van der Waals surface area contributed by atoms with E-state index in [9.17, 15) is 17.6 Å². The largest absolute Gasteiger partial charge is 0.324 e. The number of carbonyl (C=O) groups excluding carboxylic acids is 1. The predicted molar refractivity (Wildman–Crippen MR) is 63.1 cm³/mol. The van der Waals surface area contributed by atoms with Crippen LogP contribution >= 0.6 is 26.6 Å². The van der Waals surface area contributed by atoms with Crippen LogP contribution in [0, 0.1) is 5.82 Å². The third-order valence-electron chi connectivity index (χ3n) is 2.45. The van der Waals surface area contributed by atoms with E-state index in [1.807, 2.05) is 0 Å². The van der Waals surface area contributed by atoms with Crippen molar-refractivity contribution in [2.24, 2.45) is 0 Å². The highest BCUT2D eigenvalue weighted by atomic mass is 79.9. The van der Waals surface area contributed by atoms with Crippen molar-refractivity contribution in [1.82, 2.24) is 4.31 Å². The Bertz CT molecular complexity index is 592. The molecule has 1 aliphatic heterocycles. The van der Waals surface area contributed by atoms with E-state index in [2.05, 4.69) is 15.9 Å². The average molecular weight is 343 g/mol. The first-order chi connectivity index (χ1) is 7.80. The number of hydrogen-bond donors (Lipinski definition) is 0. The Balaban J connectivity index is 2.39. The lowest BCUT2D eigenvalue weighted by Gasteiger charge is -2.37. The zero-order chi connectivity index (χ0) is 12.8. The maximum absolute atomic E-state index is 12.9. The van der Waals surface area contributed by atoms with Gasteiger partial charge in [-0.05, 0) is 17.7 Å². The van der Waals surface area contributed by atoms with Crippen LogP contribution < -0.4 is 0 Å². The molecule has 1 amide bonds. The van der Waals surface area contributed by atoms with Crippen LogP contribution in [0.1, 0.15) is 18.0 Å². The summed E-state index contributed by atoms with van der Waals surface area (Å²) < 4.78 is 36.2. The molecule has 0 saturated carbocycles. The lowest BCUT2D eigenvalue weighted by molar-refractivity contribution is -0.137. The highest BCUT2D eigenvalue weighted by molar-refractivity contribution is 9.10. The summed E-state index contributed by atoms with van der Waals surface area (Å²) in [5.74, 6) is -1.02. The monoisotopic (exact) mass is 341 g/mol. The second-order valence-corrected chi connectivity index (χ2v) is 6.76. The van der Waals surface area contributed by atoms with Gasteiger partial charge in [0.15, 0.2) is 0 Å². The summed E-state index contributed by atoms with van der Waals surface area (Å²) in [4.78, 5) is 11.2. The molecule has 0 N–H and O–H groups in total. The second-order valence-electron chi connectivity index (χ2n) is 3.52. The van der Waals surface area contributed by atoms with Crippen molar-refractivity contribution in [2.75, 3.05) is 0 Å². The van der Waals surface area contributed by atoms with Gasteiger partial charge in [-0.3, -0.25) is 4.79 Å². The van der Waals surface area contributed by atoms with Crippen molar-refractivity contribution in [2.45, 2.75) is 12.5 Å². The molecule has 17 heavy (non-hydrogen) atoms. The molecule has 1 fully saturated rings. The summed E-state index contributed by atoms with van der Waals surface area (Å²) in [6, 6.07) is 3.16. The molecule has 0 bridgehead atoms. The van der Waals surface area contributed by atoms with Crippen LogP contribution in [0.2, 0.25) is 0 Å². The first-order valence-electron chi connectivity index (χ1n) is 4.52.